The number of carbonyl (C=O) groups is 1. The molecule has 0 spiro atoms. The van der Waals surface area contributed by atoms with Crippen molar-refractivity contribution >= 4 is 17.6 Å². The predicted molar refractivity (Wildman–Crippen MR) is 102 cm³/mol. The lowest BCUT2D eigenvalue weighted by atomic mass is 10.1. The minimum Gasteiger partial charge on any atom is -0.357 e. The van der Waals surface area contributed by atoms with Crippen LogP contribution in [-0.2, 0) is 11.2 Å². The number of allylic oxidation sites excluding steroid dienone is 1. The van der Waals surface area contributed by atoms with Crippen LogP contribution in [0.1, 0.15) is 32.3 Å². The number of aliphatic imine (C=N–C) groups is 1. The first-order valence-electron chi connectivity index (χ1n) is 8.59. The molecular weight excluding hydrogens is 300 g/mol. The first-order valence-corrected chi connectivity index (χ1v) is 8.59. The highest BCUT2D eigenvalue weighted by Crippen LogP contribution is 2.10. The third kappa shape index (κ3) is 7.31. The minimum absolute atomic E-state index is 0.102. The molecule has 0 heterocycles. The fourth-order valence-electron chi connectivity index (χ4n) is 2.26. The van der Waals surface area contributed by atoms with Crippen molar-refractivity contribution in [1.29, 1.82) is 0 Å². The molecule has 1 aromatic carbocycles. The van der Waals surface area contributed by atoms with Crippen LogP contribution in [0.5, 0.6) is 0 Å². The summed E-state index contributed by atoms with van der Waals surface area (Å²) in [6.45, 7) is 9.59. The molecule has 5 nitrogen and oxygen atoms in total. The molecule has 1 rings (SSSR count). The number of unbranched alkanes of at least 4 members (excludes halogenated alkanes) is 1. The van der Waals surface area contributed by atoms with Gasteiger partial charge in [0.05, 0.1) is 0 Å². The number of rotatable bonds is 9. The molecule has 132 valence electrons. The van der Waals surface area contributed by atoms with E-state index in [1.54, 1.807) is 0 Å². The molecule has 0 aliphatic heterocycles. The van der Waals surface area contributed by atoms with Crippen molar-refractivity contribution in [3.8, 4) is 0 Å². The first kappa shape index (κ1) is 19.7. The molecule has 0 saturated carbocycles. The zero-order valence-electron chi connectivity index (χ0n) is 15.1. The van der Waals surface area contributed by atoms with Gasteiger partial charge in [-0.15, -0.1) is 6.58 Å². The molecule has 0 bridgehead atoms. The predicted octanol–water partition coefficient (Wildman–Crippen LogP) is 3.05. The third-order valence-corrected chi connectivity index (χ3v) is 3.59. The Morgan fingerprint density at radius 1 is 1.38 bits per heavy atom. The molecule has 0 aromatic heterocycles. The molecule has 0 unspecified atom stereocenters. The van der Waals surface area contributed by atoms with Crippen LogP contribution in [-0.4, -0.2) is 43.4 Å². The Hall–Kier alpha value is -2.30. The summed E-state index contributed by atoms with van der Waals surface area (Å²) < 4.78 is 0. The van der Waals surface area contributed by atoms with Crippen LogP contribution in [0.3, 0.4) is 0 Å². The summed E-state index contributed by atoms with van der Waals surface area (Å²) in [4.78, 5) is 18.6. The number of carbonyl (C=O) groups excluding carboxylic acids is 1. The third-order valence-electron chi connectivity index (χ3n) is 3.59. The van der Waals surface area contributed by atoms with Gasteiger partial charge in [-0.2, -0.15) is 0 Å². The largest absolute Gasteiger partial charge is 0.357 e. The zero-order chi connectivity index (χ0) is 17.8. The van der Waals surface area contributed by atoms with Gasteiger partial charge in [0.15, 0.2) is 5.96 Å². The van der Waals surface area contributed by atoms with Crippen molar-refractivity contribution in [3.05, 3.63) is 42.5 Å². The van der Waals surface area contributed by atoms with E-state index in [1.165, 1.54) is 5.56 Å². The fraction of sp³-hybridized carbons (Fsp3) is 0.474. The van der Waals surface area contributed by atoms with Gasteiger partial charge in [0.1, 0.15) is 6.54 Å². The smallest absolute Gasteiger partial charge is 0.246 e. The van der Waals surface area contributed by atoms with Crippen molar-refractivity contribution in [1.82, 2.24) is 10.2 Å². The number of benzene rings is 1. The first-order chi connectivity index (χ1) is 11.6. The number of nitrogens with one attached hydrogen (secondary N) is 2. The summed E-state index contributed by atoms with van der Waals surface area (Å²) in [5, 5.41) is 6.12. The number of guanidine groups is 1. The lowest BCUT2D eigenvalue weighted by Gasteiger charge is -2.21. The summed E-state index contributed by atoms with van der Waals surface area (Å²) in [5.41, 5.74) is 2.02. The van der Waals surface area contributed by atoms with Gasteiger partial charge in [-0.3, -0.25) is 4.79 Å². The maximum absolute atomic E-state index is 12.1. The fourth-order valence-corrected chi connectivity index (χ4v) is 2.26. The second-order valence-corrected chi connectivity index (χ2v) is 5.62. The SMILES string of the molecule is C=CCCCN(C)C(=NCC(=O)Nc1cccc(CC)c1)NCC. The minimum atomic E-state index is -0.113. The molecule has 0 fully saturated rings. The normalized spacial score (nSPS) is 11.0. The van der Waals surface area contributed by atoms with E-state index in [-0.39, 0.29) is 12.5 Å². The van der Waals surface area contributed by atoms with Crippen LogP contribution in [0.25, 0.3) is 0 Å². The highest BCUT2D eigenvalue weighted by molar-refractivity contribution is 5.94. The second-order valence-electron chi connectivity index (χ2n) is 5.62. The van der Waals surface area contributed by atoms with Crippen molar-refractivity contribution in [2.24, 2.45) is 4.99 Å². The monoisotopic (exact) mass is 330 g/mol. The summed E-state index contributed by atoms with van der Waals surface area (Å²) in [5.74, 6) is 0.636. The van der Waals surface area contributed by atoms with E-state index < -0.39 is 0 Å². The maximum Gasteiger partial charge on any atom is 0.246 e. The van der Waals surface area contributed by atoms with E-state index in [0.29, 0.717) is 0 Å². The Kier molecular flexibility index (Phi) is 9.27. The van der Waals surface area contributed by atoms with Crippen LogP contribution in [0.2, 0.25) is 0 Å². The lowest BCUT2D eigenvalue weighted by molar-refractivity contribution is -0.114. The van der Waals surface area contributed by atoms with Crippen LogP contribution < -0.4 is 10.6 Å². The number of hydrogen-bond donors (Lipinski definition) is 2. The highest BCUT2D eigenvalue weighted by Gasteiger charge is 2.07. The van der Waals surface area contributed by atoms with E-state index >= 15 is 0 Å². The number of hydrogen-bond acceptors (Lipinski definition) is 2. The number of anilines is 1. The standard InChI is InChI=1S/C19H30N4O/c1-5-8-9-13-23(4)19(20-7-3)21-15-18(24)22-17-12-10-11-16(6-2)14-17/h5,10-12,14H,1,6-9,13,15H2,2-4H3,(H,20,21)(H,22,24). The molecular formula is C19H30N4O. The number of aryl methyl sites for hydroxylation is 1. The highest BCUT2D eigenvalue weighted by atomic mass is 16.1. The van der Waals surface area contributed by atoms with Gasteiger partial charge in [-0.25, -0.2) is 4.99 Å². The molecule has 1 aromatic rings. The Morgan fingerprint density at radius 3 is 2.83 bits per heavy atom. The van der Waals surface area contributed by atoms with Gasteiger partial charge in [0.25, 0.3) is 0 Å². The van der Waals surface area contributed by atoms with Gasteiger partial charge in [-0.05, 0) is 43.9 Å². The average molecular weight is 330 g/mol. The van der Waals surface area contributed by atoms with Gasteiger partial charge >= 0.3 is 0 Å². The van der Waals surface area contributed by atoms with E-state index in [2.05, 4.69) is 35.2 Å². The topological polar surface area (TPSA) is 56.7 Å². The lowest BCUT2D eigenvalue weighted by Crippen LogP contribution is -2.40. The quantitative estimate of drug-likeness (QED) is 0.317. The summed E-state index contributed by atoms with van der Waals surface area (Å²) in [7, 11) is 1.98. The van der Waals surface area contributed by atoms with Gasteiger partial charge in [0.2, 0.25) is 5.91 Å². The molecule has 0 aliphatic carbocycles. The molecule has 0 saturated heterocycles. The molecule has 5 heteroatoms. The van der Waals surface area contributed by atoms with Crippen LogP contribution in [0.4, 0.5) is 5.69 Å². The summed E-state index contributed by atoms with van der Waals surface area (Å²) >= 11 is 0. The van der Waals surface area contributed by atoms with Crippen molar-refractivity contribution < 1.29 is 4.79 Å². The van der Waals surface area contributed by atoms with Gasteiger partial charge in [0, 0.05) is 25.8 Å². The Bertz CT molecular complexity index is 554. The summed E-state index contributed by atoms with van der Waals surface area (Å²) in [6.07, 6.45) is 4.84. The zero-order valence-corrected chi connectivity index (χ0v) is 15.1. The molecule has 0 aliphatic rings. The van der Waals surface area contributed by atoms with Crippen molar-refractivity contribution in [2.45, 2.75) is 33.1 Å². The Morgan fingerprint density at radius 2 is 2.17 bits per heavy atom. The Labute approximate surface area is 145 Å². The second kappa shape index (κ2) is 11.3. The Balaban J connectivity index is 2.60. The van der Waals surface area contributed by atoms with Crippen molar-refractivity contribution in [3.63, 3.8) is 0 Å². The van der Waals surface area contributed by atoms with Gasteiger partial charge in [-0.1, -0.05) is 25.1 Å². The van der Waals surface area contributed by atoms with Crippen LogP contribution in [0.15, 0.2) is 41.9 Å². The van der Waals surface area contributed by atoms with Gasteiger partial charge < -0.3 is 15.5 Å². The number of amides is 1. The van der Waals surface area contributed by atoms with Crippen LogP contribution in [0, 0.1) is 0 Å². The van der Waals surface area contributed by atoms with E-state index in [9.17, 15) is 4.79 Å². The van der Waals surface area contributed by atoms with E-state index in [4.69, 9.17) is 0 Å². The van der Waals surface area contributed by atoms with E-state index in [0.717, 1.165) is 44.0 Å². The van der Waals surface area contributed by atoms with Crippen LogP contribution >= 0.6 is 0 Å². The number of nitrogens with zero attached hydrogens (tertiary/aromatic N) is 2. The van der Waals surface area contributed by atoms with E-state index in [1.807, 2.05) is 43.1 Å². The molecule has 1 amide bonds. The molecule has 2 N–H and O–H groups in total. The molecule has 0 radical (unpaired) electrons. The summed E-state index contributed by atoms with van der Waals surface area (Å²) in [6, 6.07) is 7.89. The maximum atomic E-state index is 12.1. The molecule has 0 atom stereocenters. The molecule has 24 heavy (non-hydrogen) atoms. The van der Waals surface area contributed by atoms with Crippen molar-refractivity contribution in [2.75, 3.05) is 32.0 Å². The average Bonchev–Trinajstić information content (AvgIpc) is 2.58.